The maximum absolute atomic E-state index is 12.3. The van der Waals surface area contributed by atoms with E-state index in [1.165, 1.54) is 44.2 Å². The molecule has 4 aliphatic carbocycles. The normalized spacial score (nSPS) is 33.8. The first-order chi connectivity index (χ1) is 11.5. The zero-order valence-electron chi connectivity index (χ0n) is 14.9. The number of amides is 1. The van der Waals surface area contributed by atoms with Gasteiger partial charge in [0, 0.05) is 23.5 Å². The number of carbonyl (C=O) groups excluding carboxylic acids is 1. The fourth-order valence-electron chi connectivity index (χ4n) is 5.56. The van der Waals surface area contributed by atoms with E-state index in [1.807, 2.05) is 25.0 Å². The van der Waals surface area contributed by atoms with Gasteiger partial charge in [-0.2, -0.15) is 0 Å². The third kappa shape index (κ3) is 3.24. The van der Waals surface area contributed by atoms with E-state index >= 15 is 0 Å². The molecule has 5 heteroatoms. The monoisotopic (exact) mass is 347 g/mol. The van der Waals surface area contributed by atoms with E-state index in [1.54, 1.807) is 0 Å². The standard InChI is InChI=1S/C19H29N3OS/c1-13-14(2)22(12-21-13)4-3-20-18(23)11-24-19-8-15-5-16(9-19)7-17(6-15)10-19/h12,15-17H,3-11H2,1-2H3,(H,20,23). The molecule has 0 atom stereocenters. The number of aryl methyl sites for hydroxylation is 1. The van der Waals surface area contributed by atoms with Gasteiger partial charge in [0.2, 0.25) is 5.91 Å². The summed E-state index contributed by atoms with van der Waals surface area (Å²) in [7, 11) is 0. The maximum Gasteiger partial charge on any atom is 0.230 e. The van der Waals surface area contributed by atoms with Crippen molar-refractivity contribution in [3.05, 3.63) is 17.7 Å². The Bertz CT molecular complexity index is 589. The Balaban J connectivity index is 1.23. The third-order valence-electron chi connectivity index (χ3n) is 6.51. The molecule has 0 aliphatic heterocycles. The lowest BCUT2D eigenvalue weighted by Gasteiger charge is -2.56. The van der Waals surface area contributed by atoms with Crippen LogP contribution in [0.15, 0.2) is 6.33 Å². The molecule has 0 spiro atoms. The van der Waals surface area contributed by atoms with Crippen LogP contribution in [0, 0.1) is 31.6 Å². The van der Waals surface area contributed by atoms with E-state index in [9.17, 15) is 4.79 Å². The van der Waals surface area contributed by atoms with E-state index in [0.717, 1.165) is 30.0 Å². The Hall–Kier alpha value is -0.970. The first kappa shape index (κ1) is 16.5. The van der Waals surface area contributed by atoms with Crippen molar-refractivity contribution in [3.63, 3.8) is 0 Å². The van der Waals surface area contributed by atoms with Crippen LogP contribution in [-0.4, -0.2) is 32.5 Å². The van der Waals surface area contributed by atoms with E-state index < -0.39 is 0 Å². The number of carbonyl (C=O) groups is 1. The van der Waals surface area contributed by atoms with Crippen LogP contribution in [0.3, 0.4) is 0 Å². The minimum Gasteiger partial charge on any atom is -0.354 e. The average molecular weight is 348 g/mol. The average Bonchev–Trinajstić information content (AvgIpc) is 2.84. The zero-order valence-corrected chi connectivity index (χ0v) is 15.7. The van der Waals surface area contributed by atoms with Crippen LogP contribution in [0.25, 0.3) is 0 Å². The Labute approximate surface area is 149 Å². The highest BCUT2D eigenvalue weighted by Crippen LogP contribution is 2.60. The van der Waals surface area contributed by atoms with Gasteiger partial charge in [0.25, 0.3) is 0 Å². The molecule has 24 heavy (non-hydrogen) atoms. The molecule has 1 aromatic heterocycles. The molecule has 0 aromatic carbocycles. The van der Waals surface area contributed by atoms with Gasteiger partial charge in [-0.1, -0.05) is 0 Å². The van der Waals surface area contributed by atoms with Crippen LogP contribution in [0.1, 0.15) is 49.9 Å². The lowest BCUT2D eigenvalue weighted by molar-refractivity contribution is -0.118. The van der Waals surface area contributed by atoms with Crippen LogP contribution in [-0.2, 0) is 11.3 Å². The Morgan fingerprint density at radius 1 is 1.25 bits per heavy atom. The summed E-state index contributed by atoms with van der Waals surface area (Å²) in [6, 6.07) is 0. The summed E-state index contributed by atoms with van der Waals surface area (Å²) in [6.45, 7) is 5.59. The predicted octanol–water partition coefficient (Wildman–Crippen LogP) is 3.32. The van der Waals surface area contributed by atoms with Gasteiger partial charge in [-0.05, 0) is 70.1 Å². The molecule has 0 unspecified atom stereocenters. The fourth-order valence-corrected chi connectivity index (χ4v) is 7.16. The number of hydrogen-bond acceptors (Lipinski definition) is 3. The summed E-state index contributed by atoms with van der Waals surface area (Å²) in [5, 5.41) is 3.09. The molecule has 4 nitrogen and oxygen atoms in total. The summed E-state index contributed by atoms with van der Waals surface area (Å²) < 4.78 is 2.55. The van der Waals surface area contributed by atoms with E-state index in [2.05, 4.69) is 21.8 Å². The van der Waals surface area contributed by atoms with E-state index in [-0.39, 0.29) is 5.91 Å². The maximum atomic E-state index is 12.3. The van der Waals surface area contributed by atoms with Crippen LogP contribution in [0.2, 0.25) is 0 Å². The van der Waals surface area contributed by atoms with Gasteiger partial charge < -0.3 is 9.88 Å². The van der Waals surface area contributed by atoms with Gasteiger partial charge in [-0.15, -0.1) is 11.8 Å². The van der Waals surface area contributed by atoms with E-state index in [0.29, 0.717) is 17.0 Å². The fraction of sp³-hybridized carbons (Fsp3) is 0.789. The van der Waals surface area contributed by atoms with Gasteiger partial charge in [-0.3, -0.25) is 4.79 Å². The van der Waals surface area contributed by atoms with Crippen LogP contribution >= 0.6 is 11.8 Å². The van der Waals surface area contributed by atoms with Crippen molar-refractivity contribution >= 4 is 17.7 Å². The molecule has 4 fully saturated rings. The Morgan fingerprint density at radius 3 is 2.42 bits per heavy atom. The van der Waals surface area contributed by atoms with Crippen molar-refractivity contribution in [2.75, 3.05) is 12.3 Å². The number of nitrogens with zero attached hydrogens (tertiary/aromatic N) is 2. The summed E-state index contributed by atoms with van der Waals surface area (Å²) in [6.07, 6.45) is 10.4. The van der Waals surface area contributed by atoms with Gasteiger partial charge in [0.05, 0.1) is 17.8 Å². The molecule has 1 amide bonds. The van der Waals surface area contributed by atoms with Crippen molar-refractivity contribution in [3.8, 4) is 0 Å². The molecule has 1 heterocycles. The third-order valence-corrected chi connectivity index (χ3v) is 8.03. The van der Waals surface area contributed by atoms with Gasteiger partial charge in [-0.25, -0.2) is 4.98 Å². The number of thioether (sulfide) groups is 1. The van der Waals surface area contributed by atoms with Crippen molar-refractivity contribution in [2.45, 2.75) is 63.7 Å². The quantitative estimate of drug-likeness (QED) is 0.859. The highest BCUT2D eigenvalue weighted by Gasteiger charge is 2.51. The van der Waals surface area contributed by atoms with Crippen LogP contribution in [0.5, 0.6) is 0 Å². The van der Waals surface area contributed by atoms with Crippen molar-refractivity contribution in [1.82, 2.24) is 14.9 Å². The molecule has 132 valence electrons. The molecule has 4 bridgehead atoms. The summed E-state index contributed by atoms with van der Waals surface area (Å²) in [5.41, 5.74) is 2.26. The number of nitrogens with one attached hydrogen (secondary N) is 1. The number of aromatic nitrogens is 2. The molecule has 4 aliphatic rings. The number of rotatable bonds is 6. The molecule has 0 radical (unpaired) electrons. The first-order valence-electron chi connectivity index (χ1n) is 9.42. The number of hydrogen-bond donors (Lipinski definition) is 1. The second-order valence-electron chi connectivity index (χ2n) is 8.35. The minimum absolute atomic E-state index is 0.199. The van der Waals surface area contributed by atoms with Crippen molar-refractivity contribution < 1.29 is 4.79 Å². The molecule has 5 rings (SSSR count). The molecule has 4 saturated carbocycles. The van der Waals surface area contributed by atoms with E-state index in [4.69, 9.17) is 0 Å². The first-order valence-corrected chi connectivity index (χ1v) is 10.4. The largest absolute Gasteiger partial charge is 0.354 e. The van der Waals surface area contributed by atoms with Crippen molar-refractivity contribution in [1.29, 1.82) is 0 Å². The van der Waals surface area contributed by atoms with Gasteiger partial charge >= 0.3 is 0 Å². The summed E-state index contributed by atoms with van der Waals surface area (Å²) in [4.78, 5) is 16.6. The second kappa shape index (κ2) is 6.40. The van der Waals surface area contributed by atoms with Crippen molar-refractivity contribution in [2.24, 2.45) is 17.8 Å². The minimum atomic E-state index is 0.199. The summed E-state index contributed by atoms with van der Waals surface area (Å²) >= 11 is 1.96. The summed E-state index contributed by atoms with van der Waals surface area (Å²) in [5.74, 6) is 3.71. The van der Waals surface area contributed by atoms with Gasteiger partial charge in [0.1, 0.15) is 0 Å². The Kier molecular flexibility index (Phi) is 4.40. The lowest BCUT2D eigenvalue weighted by atomic mass is 9.56. The SMILES string of the molecule is Cc1ncn(CCNC(=O)CSC23CC4CC(CC(C4)C2)C3)c1C. The number of imidazole rings is 1. The van der Waals surface area contributed by atoms with Crippen LogP contribution in [0.4, 0.5) is 0 Å². The molecule has 1 N–H and O–H groups in total. The predicted molar refractivity (Wildman–Crippen MR) is 98.1 cm³/mol. The molecule has 1 aromatic rings. The second-order valence-corrected chi connectivity index (χ2v) is 9.79. The Morgan fingerprint density at radius 2 is 1.88 bits per heavy atom. The molecule has 0 saturated heterocycles. The molecular formula is C19H29N3OS. The zero-order chi connectivity index (χ0) is 16.7. The highest BCUT2D eigenvalue weighted by atomic mass is 32.2. The topological polar surface area (TPSA) is 46.9 Å². The lowest BCUT2D eigenvalue weighted by Crippen LogP contribution is -2.49. The highest BCUT2D eigenvalue weighted by molar-refractivity contribution is 8.01. The smallest absolute Gasteiger partial charge is 0.230 e. The van der Waals surface area contributed by atoms with Crippen LogP contribution < -0.4 is 5.32 Å². The molecular weight excluding hydrogens is 318 g/mol. The van der Waals surface area contributed by atoms with Gasteiger partial charge in [0.15, 0.2) is 0 Å².